The maximum atomic E-state index is 9.83. The van der Waals surface area contributed by atoms with E-state index in [0.717, 1.165) is 25.2 Å². The van der Waals surface area contributed by atoms with Gasteiger partial charge >= 0.3 is 0 Å². The van der Waals surface area contributed by atoms with Crippen LogP contribution < -0.4 is 0 Å². The molecular formula is C9H14N2O. The molecule has 2 heterocycles. The standard InChI is InChI=1S/C9H14N2O/c1-2-7-3-5-11-6-4-10-9(11)8(7)12/h4,6-8,12H,2-3,5H2,1H3. The molecule has 2 atom stereocenters. The van der Waals surface area contributed by atoms with Crippen LogP contribution in [-0.2, 0) is 6.54 Å². The quantitative estimate of drug-likeness (QED) is 0.683. The van der Waals surface area contributed by atoms with Crippen molar-refractivity contribution in [2.45, 2.75) is 32.4 Å². The van der Waals surface area contributed by atoms with Crippen LogP contribution in [0.15, 0.2) is 12.4 Å². The molecule has 0 saturated carbocycles. The number of hydrogen-bond acceptors (Lipinski definition) is 2. The van der Waals surface area contributed by atoms with Crippen LogP contribution in [0.2, 0.25) is 0 Å². The minimum Gasteiger partial charge on any atom is -0.385 e. The van der Waals surface area contributed by atoms with Gasteiger partial charge in [-0.15, -0.1) is 0 Å². The number of rotatable bonds is 1. The van der Waals surface area contributed by atoms with Gasteiger partial charge in [0.25, 0.3) is 0 Å². The van der Waals surface area contributed by atoms with Crippen molar-refractivity contribution in [3.63, 3.8) is 0 Å². The third-order valence-corrected chi connectivity index (χ3v) is 2.72. The maximum Gasteiger partial charge on any atom is 0.137 e. The molecule has 12 heavy (non-hydrogen) atoms. The summed E-state index contributed by atoms with van der Waals surface area (Å²) in [6.07, 6.45) is 5.45. The minimum atomic E-state index is -0.348. The molecule has 0 amide bonds. The van der Waals surface area contributed by atoms with Crippen molar-refractivity contribution < 1.29 is 5.11 Å². The molecule has 3 heteroatoms. The third kappa shape index (κ3) is 1.05. The Balaban J connectivity index is 2.29. The van der Waals surface area contributed by atoms with Gasteiger partial charge in [0.1, 0.15) is 11.9 Å². The van der Waals surface area contributed by atoms with Crippen molar-refractivity contribution in [3.8, 4) is 0 Å². The van der Waals surface area contributed by atoms with E-state index in [0.29, 0.717) is 5.92 Å². The largest absolute Gasteiger partial charge is 0.385 e. The Kier molecular flexibility index (Phi) is 1.89. The van der Waals surface area contributed by atoms with Crippen molar-refractivity contribution in [2.75, 3.05) is 0 Å². The van der Waals surface area contributed by atoms with E-state index < -0.39 is 0 Å². The van der Waals surface area contributed by atoms with Gasteiger partial charge < -0.3 is 9.67 Å². The lowest BCUT2D eigenvalue weighted by atomic mass is 9.92. The number of fused-ring (bicyclic) bond motifs is 1. The highest BCUT2D eigenvalue weighted by Crippen LogP contribution is 2.30. The molecule has 1 aromatic rings. The number of aliphatic hydroxyl groups is 1. The van der Waals surface area contributed by atoms with E-state index in [-0.39, 0.29) is 6.10 Å². The number of hydrogen-bond donors (Lipinski definition) is 1. The predicted octanol–water partition coefficient (Wildman–Crippen LogP) is 1.35. The lowest BCUT2D eigenvalue weighted by Crippen LogP contribution is -2.24. The highest BCUT2D eigenvalue weighted by Gasteiger charge is 2.27. The fraction of sp³-hybridized carbons (Fsp3) is 0.667. The van der Waals surface area contributed by atoms with Gasteiger partial charge in [-0.2, -0.15) is 0 Å². The summed E-state index contributed by atoms with van der Waals surface area (Å²) < 4.78 is 2.04. The molecular weight excluding hydrogens is 152 g/mol. The summed E-state index contributed by atoms with van der Waals surface area (Å²) in [6.45, 7) is 3.12. The van der Waals surface area contributed by atoms with Gasteiger partial charge in [-0.05, 0) is 12.3 Å². The number of imidazole rings is 1. The Hall–Kier alpha value is -0.830. The molecule has 0 saturated heterocycles. The Morgan fingerprint density at radius 3 is 3.33 bits per heavy atom. The predicted molar refractivity (Wildman–Crippen MR) is 45.6 cm³/mol. The van der Waals surface area contributed by atoms with Gasteiger partial charge in [0.2, 0.25) is 0 Å². The summed E-state index contributed by atoms with van der Waals surface area (Å²) in [6, 6.07) is 0. The summed E-state index contributed by atoms with van der Waals surface area (Å²) in [5.74, 6) is 1.24. The SMILES string of the molecule is CCC1CCn2ccnc2C1O. The van der Waals surface area contributed by atoms with Crippen LogP contribution in [0.25, 0.3) is 0 Å². The summed E-state index contributed by atoms with van der Waals surface area (Å²) in [5, 5.41) is 9.83. The second-order valence-electron chi connectivity index (χ2n) is 3.38. The zero-order chi connectivity index (χ0) is 8.55. The molecule has 0 bridgehead atoms. The molecule has 1 aliphatic heterocycles. The van der Waals surface area contributed by atoms with Gasteiger partial charge in [0.05, 0.1) is 0 Å². The van der Waals surface area contributed by atoms with E-state index in [4.69, 9.17) is 0 Å². The third-order valence-electron chi connectivity index (χ3n) is 2.72. The van der Waals surface area contributed by atoms with Crippen LogP contribution in [-0.4, -0.2) is 14.7 Å². The average molecular weight is 166 g/mol. The summed E-state index contributed by atoms with van der Waals surface area (Å²) in [7, 11) is 0. The molecule has 0 aromatic carbocycles. The van der Waals surface area contributed by atoms with E-state index >= 15 is 0 Å². The molecule has 0 aliphatic carbocycles. The molecule has 3 nitrogen and oxygen atoms in total. The Morgan fingerprint density at radius 1 is 1.75 bits per heavy atom. The van der Waals surface area contributed by atoms with E-state index in [2.05, 4.69) is 11.9 Å². The van der Waals surface area contributed by atoms with E-state index in [1.165, 1.54) is 0 Å². The van der Waals surface area contributed by atoms with Crippen molar-refractivity contribution in [1.82, 2.24) is 9.55 Å². The molecule has 1 aromatic heterocycles. The fourth-order valence-electron chi connectivity index (χ4n) is 1.88. The van der Waals surface area contributed by atoms with Gasteiger partial charge in [-0.1, -0.05) is 13.3 Å². The number of aliphatic hydroxyl groups excluding tert-OH is 1. The molecule has 2 rings (SSSR count). The normalized spacial score (nSPS) is 28.5. The first kappa shape index (κ1) is 7.80. The zero-order valence-corrected chi connectivity index (χ0v) is 7.27. The molecule has 0 spiro atoms. The monoisotopic (exact) mass is 166 g/mol. The minimum absolute atomic E-state index is 0.348. The second-order valence-corrected chi connectivity index (χ2v) is 3.38. The lowest BCUT2D eigenvalue weighted by molar-refractivity contribution is 0.0695. The topological polar surface area (TPSA) is 38.0 Å². The van der Waals surface area contributed by atoms with Crippen LogP contribution in [0.1, 0.15) is 31.7 Å². The molecule has 1 aliphatic rings. The number of aryl methyl sites for hydroxylation is 1. The van der Waals surface area contributed by atoms with Crippen LogP contribution in [0.4, 0.5) is 0 Å². The number of nitrogens with zero attached hydrogens (tertiary/aromatic N) is 2. The first-order chi connectivity index (χ1) is 5.83. The Labute approximate surface area is 72.0 Å². The second kappa shape index (κ2) is 2.90. The first-order valence-electron chi connectivity index (χ1n) is 4.52. The molecule has 2 unspecified atom stereocenters. The zero-order valence-electron chi connectivity index (χ0n) is 7.27. The smallest absolute Gasteiger partial charge is 0.137 e. The maximum absolute atomic E-state index is 9.83. The Bertz CT molecular complexity index is 269. The van der Waals surface area contributed by atoms with Crippen LogP contribution >= 0.6 is 0 Å². The van der Waals surface area contributed by atoms with E-state index in [9.17, 15) is 5.11 Å². The summed E-state index contributed by atoms with van der Waals surface area (Å²) in [4.78, 5) is 4.15. The van der Waals surface area contributed by atoms with Crippen LogP contribution in [0, 0.1) is 5.92 Å². The van der Waals surface area contributed by atoms with Crippen molar-refractivity contribution in [1.29, 1.82) is 0 Å². The lowest BCUT2D eigenvalue weighted by Gasteiger charge is -2.27. The van der Waals surface area contributed by atoms with Crippen molar-refractivity contribution in [3.05, 3.63) is 18.2 Å². The Morgan fingerprint density at radius 2 is 2.58 bits per heavy atom. The molecule has 0 fully saturated rings. The van der Waals surface area contributed by atoms with E-state index in [1.807, 2.05) is 10.8 Å². The van der Waals surface area contributed by atoms with Crippen LogP contribution in [0.3, 0.4) is 0 Å². The van der Waals surface area contributed by atoms with Crippen LogP contribution in [0.5, 0.6) is 0 Å². The van der Waals surface area contributed by atoms with Gasteiger partial charge in [-0.25, -0.2) is 4.98 Å². The molecule has 0 radical (unpaired) electrons. The highest BCUT2D eigenvalue weighted by atomic mass is 16.3. The molecule has 66 valence electrons. The fourth-order valence-corrected chi connectivity index (χ4v) is 1.88. The van der Waals surface area contributed by atoms with Gasteiger partial charge in [0.15, 0.2) is 0 Å². The van der Waals surface area contributed by atoms with Gasteiger partial charge in [0, 0.05) is 18.9 Å². The van der Waals surface area contributed by atoms with Crippen molar-refractivity contribution >= 4 is 0 Å². The number of aromatic nitrogens is 2. The summed E-state index contributed by atoms with van der Waals surface area (Å²) >= 11 is 0. The van der Waals surface area contributed by atoms with E-state index in [1.54, 1.807) is 6.20 Å². The summed E-state index contributed by atoms with van der Waals surface area (Å²) in [5.41, 5.74) is 0. The highest BCUT2D eigenvalue weighted by molar-refractivity contribution is 5.01. The average Bonchev–Trinajstić information content (AvgIpc) is 2.53. The first-order valence-corrected chi connectivity index (χ1v) is 4.52. The van der Waals surface area contributed by atoms with Gasteiger partial charge in [-0.3, -0.25) is 0 Å². The van der Waals surface area contributed by atoms with Crippen molar-refractivity contribution in [2.24, 2.45) is 5.92 Å². The molecule has 1 N–H and O–H groups in total.